The van der Waals surface area contributed by atoms with E-state index in [9.17, 15) is 19.5 Å². The molecular formula is C27H34O10. The lowest BCUT2D eigenvalue weighted by Crippen LogP contribution is -2.69. The molecule has 4 heterocycles. The first kappa shape index (κ1) is 25.0. The van der Waals surface area contributed by atoms with Crippen LogP contribution in [0.1, 0.15) is 46.5 Å². The number of allylic oxidation sites excluding steroid dienone is 2. The highest BCUT2D eigenvalue weighted by Gasteiger charge is 2.86. The molecule has 0 aromatic heterocycles. The van der Waals surface area contributed by atoms with E-state index in [1.807, 2.05) is 0 Å². The Morgan fingerprint density at radius 3 is 2.41 bits per heavy atom. The molecule has 0 aromatic carbocycles. The fourth-order valence-electron chi connectivity index (χ4n) is 7.36. The maximum absolute atomic E-state index is 13.0. The van der Waals surface area contributed by atoms with E-state index >= 15 is 0 Å². The topological polar surface area (TPSA) is 133 Å². The fraction of sp³-hybridized carbons (Fsp3) is 0.741. The third-order valence-electron chi connectivity index (χ3n) is 10.0. The van der Waals surface area contributed by atoms with Gasteiger partial charge in [0.2, 0.25) is 0 Å². The lowest BCUT2D eigenvalue weighted by Gasteiger charge is -2.58. The van der Waals surface area contributed by atoms with Crippen LogP contribution in [0, 0.1) is 16.7 Å². The average Bonchev–Trinajstić information content (AvgIpc) is 3.77. The molecule has 0 aromatic rings. The molecule has 10 atom stereocenters. The van der Waals surface area contributed by atoms with E-state index in [0.717, 1.165) is 6.42 Å². The smallest absolute Gasteiger partial charge is 0.335 e. The Labute approximate surface area is 215 Å². The molecule has 0 amide bonds. The summed E-state index contributed by atoms with van der Waals surface area (Å²) in [5, 5.41) is 10.7. The number of aliphatic hydroxyl groups is 1. The van der Waals surface area contributed by atoms with Gasteiger partial charge in [0, 0.05) is 24.0 Å². The number of fused-ring (bicyclic) bond motifs is 2. The summed E-state index contributed by atoms with van der Waals surface area (Å²) in [5.74, 6) is -2.38. The van der Waals surface area contributed by atoms with Gasteiger partial charge in [0.25, 0.3) is 0 Å². The zero-order valence-electron chi connectivity index (χ0n) is 21.3. The number of epoxide rings is 2. The number of hydrogen-bond acceptors (Lipinski definition) is 10. The van der Waals surface area contributed by atoms with Crippen molar-refractivity contribution in [3.8, 4) is 0 Å². The van der Waals surface area contributed by atoms with Crippen LogP contribution in [0.4, 0.5) is 0 Å². The molecule has 5 fully saturated rings. The van der Waals surface area contributed by atoms with Crippen LogP contribution in [-0.4, -0.2) is 84.6 Å². The molecule has 2 bridgehead atoms. The first-order chi connectivity index (χ1) is 17.6. The third kappa shape index (κ3) is 3.56. The van der Waals surface area contributed by atoms with Crippen molar-refractivity contribution in [2.75, 3.05) is 19.8 Å². The van der Waals surface area contributed by atoms with Crippen LogP contribution in [0.3, 0.4) is 0 Å². The highest BCUT2D eigenvalue weighted by Crippen LogP contribution is 2.75. The monoisotopic (exact) mass is 518 g/mol. The van der Waals surface area contributed by atoms with Crippen molar-refractivity contribution < 1.29 is 47.9 Å². The maximum Gasteiger partial charge on any atom is 0.335 e. The first-order valence-corrected chi connectivity index (χ1v) is 13.1. The molecule has 0 unspecified atom stereocenters. The normalized spacial score (nSPS) is 52.9. The lowest BCUT2D eigenvalue weighted by atomic mass is 9.50. The molecule has 37 heavy (non-hydrogen) atoms. The van der Waals surface area contributed by atoms with Gasteiger partial charge in [0.15, 0.2) is 6.10 Å². The molecule has 2 aliphatic carbocycles. The van der Waals surface area contributed by atoms with Crippen molar-refractivity contribution in [1.29, 1.82) is 0 Å². The van der Waals surface area contributed by atoms with Gasteiger partial charge in [0.1, 0.15) is 24.4 Å². The second-order valence-electron chi connectivity index (χ2n) is 11.8. The molecule has 10 heteroatoms. The number of hydrogen-bond donors (Lipinski definition) is 1. The van der Waals surface area contributed by atoms with Gasteiger partial charge >= 0.3 is 17.9 Å². The summed E-state index contributed by atoms with van der Waals surface area (Å²) in [5.41, 5.74) is -2.40. The van der Waals surface area contributed by atoms with Gasteiger partial charge in [-0.2, -0.15) is 0 Å². The van der Waals surface area contributed by atoms with Crippen molar-refractivity contribution in [2.45, 2.75) is 88.2 Å². The van der Waals surface area contributed by atoms with Gasteiger partial charge in [-0.25, -0.2) is 14.4 Å². The number of aliphatic hydroxyl groups excluding tert-OH is 1. The van der Waals surface area contributed by atoms with Crippen LogP contribution in [0.2, 0.25) is 0 Å². The van der Waals surface area contributed by atoms with Crippen LogP contribution in [0.5, 0.6) is 0 Å². The Kier molecular flexibility index (Phi) is 5.66. The molecule has 6 rings (SSSR count). The van der Waals surface area contributed by atoms with Crippen LogP contribution in [-0.2, 0) is 42.8 Å². The highest BCUT2D eigenvalue weighted by atomic mass is 16.7. The Hall–Kier alpha value is -2.27. The summed E-state index contributed by atoms with van der Waals surface area (Å²) < 4.78 is 35.9. The van der Waals surface area contributed by atoms with E-state index in [4.69, 9.17) is 28.4 Å². The molecular weight excluding hydrogens is 484 g/mol. The minimum absolute atomic E-state index is 0.0217. The summed E-state index contributed by atoms with van der Waals surface area (Å²) in [4.78, 5) is 37.7. The third-order valence-corrected chi connectivity index (χ3v) is 10.0. The van der Waals surface area contributed by atoms with Crippen molar-refractivity contribution in [3.63, 3.8) is 0 Å². The Balaban J connectivity index is 1.37. The van der Waals surface area contributed by atoms with Gasteiger partial charge in [-0.3, -0.25) is 0 Å². The lowest BCUT2D eigenvalue weighted by molar-refractivity contribution is -0.252. The van der Waals surface area contributed by atoms with E-state index in [2.05, 4.69) is 13.8 Å². The molecule has 3 saturated heterocycles. The number of rotatable bonds is 0. The first-order valence-electron chi connectivity index (χ1n) is 13.1. The van der Waals surface area contributed by atoms with Crippen molar-refractivity contribution in [1.82, 2.24) is 0 Å². The Morgan fingerprint density at radius 1 is 0.946 bits per heavy atom. The summed E-state index contributed by atoms with van der Waals surface area (Å²) in [6.07, 6.45) is 4.66. The highest BCUT2D eigenvalue weighted by molar-refractivity contribution is 5.84. The van der Waals surface area contributed by atoms with Gasteiger partial charge in [-0.1, -0.05) is 26.0 Å². The van der Waals surface area contributed by atoms with Crippen molar-refractivity contribution >= 4 is 17.9 Å². The number of ether oxygens (including phenoxy) is 6. The van der Waals surface area contributed by atoms with Gasteiger partial charge in [-0.15, -0.1) is 0 Å². The summed E-state index contributed by atoms with van der Waals surface area (Å²) in [6, 6.07) is 0. The number of cyclic esters (lactones) is 2. The largest absolute Gasteiger partial charge is 0.463 e. The second-order valence-corrected chi connectivity index (χ2v) is 11.8. The predicted molar refractivity (Wildman–Crippen MR) is 125 cm³/mol. The van der Waals surface area contributed by atoms with Crippen LogP contribution < -0.4 is 0 Å². The summed E-state index contributed by atoms with van der Waals surface area (Å²) in [6.45, 7) is 6.30. The second kappa shape index (κ2) is 8.36. The summed E-state index contributed by atoms with van der Waals surface area (Å²) >= 11 is 0. The van der Waals surface area contributed by atoms with Crippen molar-refractivity contribution in [3.05, 3.63) is 24.3 Å². The van der Waals surface area contributed by atoms with E-state index < -0.39 is 52.5 Å². The van der Waals surface area contributed by atoms with Crippen LogP contribution in [0.25, 0.3) is 0 Å². The van der Waals surface area contributed by atoms with Crippen LogP contribution >= 0.6 is 0 Å². The minimum atomic E-state index is -1.38. The molecule has 6 aliphatic rings. The summed E-state index contributed by atoms with van der Waals surface area (Å²) in [7, 11) is 0. The van der Waals surface area contributed by atoms with Crippen LogP contribution in [0.15, 0.2) is 24.3 Å². The molecule has 1 N–H and O–H groups in total. The zero-order valence-corrected chi connectivity index (χ0v) is 21.3. The van der Waals surface area contributed by atoms with Gasteiger partial charge in [-0.05, 0) is 32.1 Å². The maximum atomic E-state index is 13.0. The van der Waals surface area contributed by atoms with E-state index in [-0.39, 0.29) is 43.5 Å². The molecule has 202 valence electrons. The molecule has 0 radical (unpaired) electrons. The van der Waals surface area contributed by atoms with Gasteiger partial charge < -0.3 is 33.5 Å². The molecule has 10 nitrogen and oxygen atoms in total. The number of carbonyl (C=O) groups excluding carboxylic acids is 3. The van der Waals surface area contributed by atoms with E-state index in [1.54, 1.807) is 6.92 Å². The average molecular weight is 519 g/mol. The number of carbonyl (C=O) groups is 3. The standard InChI is InChI=1S/C27H34O10/c1-15-8-11-32-18(28)6-4-5-7-19(29)35-16-12-17-27(14-34-27)25(16,3)26(13-33-23(31)20(15)30)10-9-24(2)21(37-24)22(26)36-17/h4-7,15-17,20-22,30H,8-14H2,1-3H3/b6-4+,7-5-/t15-,16-,17-,20-,21-,22+,24-,25+,26+,27-/m1/s1. The predicted octanol–water partition coefficient (Wildman–Crippen LogP) is 1.38. The molecule has 2 saturated carbocycles. The molecule has 4 aliphatic heterocycles. The van der Waals surface area contributed by atoms with Gasteiger partial charge in [0.05, 0.1) is 36.4 Å². The fourth-order valence-corrected chi connectivity index (χ4v) is 7.36. The molecule has 2 spiro atoms. The Morgan fingerprint density at radius 2 is 1.68 bits per heavy atom. The van der Waals surface area contributed by atoms with E-state index in [0.29, 0.717) is 19.4 Å². The van der Waals surface area contributed by atoms with Crippen molar-refractivity contribution in [2.24, 2.45) is 16.7 Å². The van der Waals surface area contributed by atoms with E-state index in [1.165, 1.54) is 24.3 Å². The zero-order chi connectivity index (χ0) is 26.2. The Bertz CT molecular complexity index is 1060. The SMILES string of the molecule is C[C@@H]1CCOC(=O)/C=C/C=C\C(=O)O[C@@H]2C[C@H]3O[C@H]4[C@H]5O[C@]5(C)CC[C@@]4(COC(=O)[C@@H]1O)[C@@]2(C)[C@@]31CO1. The number of esters is 3. The minimum Gasteiger partial charge on any atom is -0.463 e. The quantitative estimate of drug-likeness (QED) is 0.285.